The number of carbonyl (C=O) groups is 1. The third-order valence-electron chi connectivity index (χ3n) is 2.67. The summed E-state index contributed by atoms with van der Waals surface area (Å²) in [4.78, 5) is 10.8. The van der Waals surface area contributed by atoms with Crippen molar-refractivity contribution in [1.29, 1.82) is 0 Å². The van der Waals surface area contributed by atoms with Crippen molar-refractivity contribution in [2.45, 2.75) is 64.1 Å². The molecule has 0 bridgehead atoms. The molecule has 0 aromatic carbocycles. The molecular formula is C11H20O3. The Kier molecular flexibility index (Phi) is 4.94. The molecule has 3 heteroatoms. The second kappa shape index (κ2) is 6.02. The molecule has 2 unspecified atom stereocenters. The van der Waals surface area contributed by atoms with E-state index >= 15 is 0 Å². The van der Waals surface area contributed by atoms with Crippen LogP contribution >= 0.6 is 0 Å². The predicted octanol–water partition coefficient (Wildman–Crippen LogP) is 2.02. The minimum atomic E-state index is -0.865. The van der Waals surface area contributed by atoms with Gasteiger partial charge in [0.05, 0.1) is 0 Å². The Morgan fingerprint density at radius 1 is 1.36 bits per heavy atom. The topological polar surface area (TPSA) is 46.5 Å². The number of hydrogen-bond donors (Lipinski definition) is 1. The minimum absolute atomic E-state index is 0.0286. The van der Waals surface area contributed by atoms with Crippen molar-refractivity contribution in [2.75, 3.05) is 0 Å². The summed E-state index contributed by atoms with van der Waals surface area (Å²) < 4.78 is 4.99. The van der Waals surface area contributed by atoms with Crippen LogP contribution in [-0.2, 0) is 9.53 Å². The van der Waals surface area contributed by atoms with Crippen LogP contribution in [0.1, 0.15) is 51.9 Å². The highest BCUT2D eigenvalue weighted by Gasteiger charge is 2.31. The summed E-state index contributed by atoms with van der Waals surface area (Å²) in [5.74, 6) is -0.441. The summed E-state index contributed by atoms with van der Waals surface area (Å²) in [5.41, 5.74) is 0. The highest BCUT2D eigenvalue weighted by molar-refractivity contribution is 5.76. The molecule has 1 aliphatic heterocycles. The average molecular weight is 200 g/mol. The molecule has 0 aromatic rings. The van der Waals surface area contributed by atoms with E-state index < -0.39 is 12.1 Å². The van der Waals surface area contributed by atoms with Crippen molar-refractivity contribution in [2.24, 2.45) is 0 Å². The van der Waals surface area contributed by atoms with Crippen molar-refractivity contribution in [1.82, 2.24) is 0 Å². The van der Waals surface area contributed by atoms with Crippen molar-refractivity contribution < 1.29 is 14.6 Å². The van der Waals surface area contributed by atoms with E-state index in [1.807, 2.05) is 0 Å². The molecule has 1 heterocycles. The highest BCUT2D eigenvalue weighted by Crippen LogP contribution is 2.20. The van der Waals surface area contributed by atoms with Crippen LogP contribution in [0, 0.1) is 0 Å². The molecule has 1 saturated heterocycles. The van der Waals surface area contributed by atoms with E-state index in [9.17, 15) is 4.79 Å². The molecule has 14 heavy (non-hydrogen) atoms. The van der Waals surface area contributed by atoms with Gasteiger partial charge in [0.1, 0.15) is 6.10 Å². The molecule has 1 aliphatic rings. The van der Waals surface area contributed by atoms with Gasteiger partial charge in [0, 0.05) is 6.42 Å². The Labute approximate surface area is 85.5 Å². The van der Waals surface area contributed by atoms with Crippen molar-refractivity contribution in [3.05, 3.63) is 0 Å². The van der Waals surface area contributed by atoms with Gasteiger partial charge < -0.3 is 9.84 Å². The molecule has 3 nitrogen and oxygen atoms in total. The fraction of sp³-hybridized carbons (Fsp3) is 0.909. The van der Waals surface area contributed by atoms with Gasteiger partial charge in [-0.05, 0) is 12.8 Å². The molecule has 2 atom stereocenters. The number of ether oxygens (including phenoxy) is 1. The first-order valence-corrected chi connectivity index (χ1v) is 5.62. The lowest BCUT2D eigenvalue weighted by atomic mass is 10.1. The summed E-state index contributed by atoms with van der Waals surface area (Å²) in [7, 11) is 0. The van der Waals surface area contributed by atoms with E-state index in [-0.39, 0.29) is 6.10 Å². The second-order valence-corrected chi connectivity index (χ2v) is 4.01. The Balaban J connectivity index is 2.00. The van der Waals surface area contributed by atoms with E-state index in [0.717, 1.165) is 12.8 Å². The van der Waals surface area contributed by atoms with Crippen LogP contribution < -0.4 is 0 Å². The maximum absolute atomic E-state index is 10.8. The fourth-order valence-electron chi connectivity index (χ4n) is 1.79. The molecule has 0 aromatic heterocycles. The lowest BCUT2D eigenvalue weighted by Gasteiger charge is -2.07. The van der Waals surface area contributed by atoms with Gasteiger partial charge in [-0.1, -0.05) is 32.6 Å². The number of cyclic esters (lactones) is 1. The van der Waals surface area contributed by atoms with Gasteiger partial charge in [0.15, 0.2) is 6.10 Å². The predicted molar refractivity (Wildman–Crippen MR) is 53.9 cm³/mol. The van der Waals surface area contributed by atoms with Crippen LogP contribution in [0.15, 0.2) is 0 Å². The van der Waals surface area contributed by atoms with Crippen LogP contribution in [-0.4, -0.2) is 23.3 Å². The molecular weight excluding hydrogens is 180 g/mol. The first-order valence-electron chi connectivity index (χ1n) is 5.62. The summed E-state index contributed by atoms with van der Waals surface area (Å²) in [6.07, 6.45) is 6.61. The zero-order valence-corrected chi connectivity index (χ0v) is 8.87. The lowest BCUT2D eigenvalue weighted by molar-refractivity contribution is -0.147. The number of esters is 1. The van der Waals surface area contributed by atoms with Crippen LogP contribution in [0.25, 0.3) is 0 Å². The molecule has 0 amide bonds. The largest absolute Gasteiger partial charge is 0.460 e. The number of unbranched alkanes of at least 4 members (excludes halogenated alkanes) is 4. The van der Waals surface area contributed by atoms with E-state index in [4.69, 9.17) is 9.84 Å². The SMILES string of the molecule is CCCCCCCC1CC(O)C(=O)O1. The van der Waals surface area contributed by atoms with Gasteiger partial charge in [-0.25, -0.2) is 4.79 Å². The first kappa shape index (κ1) is 11.5. The van der Waals surface area contributed by atoms with Gasteiger partial charge in [0.25, 0.3) is 0 Å². The number of carbonyl (C=O) groups excluding carboxylic acids is 1. The van der Waals surface area contributed by atoms with E-state index in [1.165, 1.54) is 25.7 Å². The molecule has 0 aliphatic carbocycles. The Morgan fingerprint density at radius 3 is 2.64 bits per heavy atom. The monoisotopic (exact) mass is 200 g/mol. The van der Waals surface area contributed by atoms with E-state index in [0.29, 0.717) is 6.42 Å². The van der Waals surface area contributed by atoms with Gasteiger partial charge >= 0.3 is 5.97 Å². The number of aliphatic hydroxyl groups excluding tert-OH is 1. The van der Waals surface area contributed by atoms with E-state index in [2.05, 4.69) is 6.92 Å². The molecule has 1 N–H and O–H groups in total. The van der Waals surface area contributed by atoms with Crippen molar-refractivity contribution in [3.8, 4) is 0 Å². The Bertz CT molecular complexity index is 179. The van der Waals surface area contributed by atoms with Crippen LogP contribution in [0.4, 0.5) is 0 Å². The summed E-state index contributed by atoms with van der Waals surface area (Å²) in [5, 5.41) is 9.13. The molecule has 1 rings (SSSR count). The standard InChI is InChI=1S/C11H20O3/c1-2-3-4-5-6-7-9-8-10(12)11(13)14-9/h9-10,12H,2-8H2,1H3. The molecule has 82 valence electrons. The quantitative estimate of drug-likeness (QED) is 0.527. The lowest BCUT2D eigenvalue weighted by Crippen LogP contribution is -2.11. The highest BCUT2D eigenvalue weighted by atomic mass is 16.6. The third kappa shape index (κ3) is 3.66. The summed E-state index contributed by atoms with van der Waals surface area (Å²) in [6.45, 7) is 2.19. The minimum Gasteiger partial charge on any atom is -0.460 e. The number of rotatable bonds is 6. The number of hydrogen-bond acceptors (Lipinski definition) is 3. The normalized spacial score (nSPS) is 26.6. The molecule has 1 fully saturated rings. The average Bonchev–Trinajstić information content (AvgIpc) is 2.46. The van der Waals surface area contributed by atoms with Crippen molar-refractivity contribution >= 4 is 5.97 Å². The first-order chi connectivity index (χ1) is 6.74. The molecule has 0 spiro atoms. The Morgan fingerprint density at radius 2 is 2.07 bits per heavy atom. The van der Waals surface area contributed by atoms with Gasteiger partial charge in [-0.3, -0.25) is 0 Å². The molecule has 0 saturated carbocycles. The fourth-order valence-corrected chi connectivity index (χ4v) is 1.79. The summed E-state index contributed by atoms with van der Waals surface area (Å²) in [6, 6.07) is 0. The third-order valence-corrected chi connectivity index (χ3v) is 2.67. The van der Waals surface area contributed by atoms with Crippen molar-refractivity contribution in [3.63, 3.8) is 0 Å². The van der Waals surface area contributed by atoms with Crippen LogP contribution in [0.3, 0.4) is 0 Å². The maximum Gasteiger partial charge on any atom is 0.335 e. The van der Waals surface area contributed by atoms with E-state index in [1.54, 1.807) is 0 Å². The smallest absolute Gasteiger partial charge is 0.335 e. The van der Waals surface area contributed by atoms with Gasteiger partial charge in [-0.15, -0.1) is 0 Å². The zero-order chi connectivity index (χ0) is 10.4. The zero-order valence-electron chi connectivity index (χ0n) is 8.87. The Hall–Kier alpha value is -0.570. The number of aliphatic hydroxyl groups is 1. The summed E-state index contributed by atoms with van der Waals surface area (Å²) >= 11 is 0. The van der Waals surface area contributed by atoms with Gasteiger partial charge in [-0.2, -0.15) is 0 Å². The second-order valence-electron chi connectivity index (χ2n) is 4.01. The molecule has 0 radical (unpaired) electrons. The van der Waals surface area contributed by atoms with Crippen LogP contribution in [0.2, 0.25) is 0 Å². The maximum atomic E-state index is 10.8. The van der Waals surface area contributed by atoms with Gasteiger partial charge in [0.2, 0.25) is 0 Å². The van der Waals surface area contributed by atoms with Crippen LogP contribution in [0.5, 0.6) is 0 Å².